The molecule has 0 heterocycles. The van der Waals surface area contributed by atoms with E-state index in [4.69, 9.17) is 10.4 Å². The lowest BCUT2D eigenvalue weighted by Crippen LogP contribution is -2.26. The van der Waals surface area contributed by atoms with Gasteiger partial charge in [0.1, 0.15) is 0 Å². The molecule has 1 aromatic rings. The van der Waals surface area contributed by atoms with Crippen molar-refractivity contribution in [3.05, 3.63) is 34.9 Å². The quantitative estimate of drug-likeness (QED) is 0.770. The second-order valence-electron chi connectivity index (χ2n) is 5.71. The van der Waals surface area contributed by atoms with Crippen LogP contribution in [0.15, 0.2) is 18.2 Å². The van der Waals surface area contributed by atoms with Crippen molar-refractivity contribution >= 4 is 5.97 Å². The zero-order valence-corrected chi connectivity index (χ0v) is 13.0. The third-order valence-electron chi connectivity index (χ3n) is 3.81. The maximum Gasteiger partial charge on any atom is 0.306 e. The van der Waals surface area contributed by atoms with Gasteiger partial charge in [0.2, 0.25) is 0 Å². The Morgan fingerprint density at radius 1 is 1.38 bits per heavy atom. The molecule has 21 heavy (non-hydrogen) atoms. The smallest absolute Gasteiger partial charge is 0.306 e. The fourth-order valence-corrected chi connectivity index (χ4v) is 2.20. The summed E-state index contributed by atoms with van der Waals surface area (Å²) in [7, 11) is 0. The summed E-state index contributed by atoms with van der Waals surface area (Å²) in [5, 5.41) is 21.1. The topological polar surface area (TPSA) is 73.1 Å². The SMILES string of the molecule is Cc1cc(C#N)ccc1CNC(C)CCCC(C)C(=O)O. The van der Waals surface area contributed by atoms with Gasteiger partial charge in [0.05, 0.1) is 17.6 Å². The number of rotatable bonds is 8. The Kier molecular flexibility index (Phi) is 6.90. The van der Waals surface area contributed by atoms with Gasteiger partial charge in [-0.3, -0.25) is 4.79 Å². The van der Waals surface area contributed by atoms with Crippen LogP contribution in [0.2, 0.25) is 0 Å². The van der Waals surface area contributed by atoms with Crippen LogP contribution in [0.5, 0.6) is 0 Å². The number of nitriles is 1. The van der Waals surface area contributed by atoms with Crippen LogP contribution in [-0.2, 0) is 11.3 Å². The number of carbonyl (C=O) groups is 1. The molecular weight excluding hydrogens is 264 g/mol. The molecule has 0 aromatic heterocycles. The monoisotopic (exact) mass is 288 g/mol. The fraction of sp³-hybridized carbons (Fsp3) is 0.529. The van der Waals surface area contributed by atoms with Gasteiger partial charge in [-0.05, 0) is 49.9 Å². The van der Waals surface area contributed by atoms with Crippen molar-refractivity contribution in [1.82, 2.24) is 5.32 Å². The van der Waals surface area contributed by atoms with Gasteiger partial charge in [-0.25, -0.2) is 0 Å². The molecule has 0 bridgehead atoms. The molecule has 0 spiro atoms. The zero-order chi connectivity index (χ0) is 15.8. The van der Waals surface area contributed by atoms with Crippen LogP contribution in [0.1, 0.15) is 49.8 Å². The molecule has 0 aliphatic rings. The van der Waals surface area contributed by atoms with Crippen molar-refractivity contribution in [2.24, 2.45) is 5.92 Å². The molecule has 0 amide bonds. The molecule has 0 fully saturated rings. The maximum atomic E-state index is 10.7. The number of benzene rings is 1. The summed E-state index contributed by atoms with van der Waals surface area (Å²) >= 11 is 0. The van der Waals surface area contributed by atoms with Gasteiger partial charge in [0.15, 0.2) is 0 Å². The number of carboxylic acids is 1. The van der Waals surface area contributed by atoms with Gasteiger partial charge in [-0.2, -0.15) is 5.26 Å². The molecule has 0 saturated heterocycles. The minimum atomic E-state index is -0.719. The van der Waals surface area contributed by atoms with Crippen LogP contribution in [-0.4, -0.2) is 17.1 Å². The highest BCUT2D eigenvalue weighted by atomic mass is 16.4. The number of aryl methyl sites for hydroxylation is 1. The van der Waals surface area contributed by atoms with E-state index in [-0.39, 0.29) is 5.92 Å². The predicted molar refractivity (Wildman–Crippen MR) is 82.8 cm³/mol. The predicted octanol–water partition coefficient (Wildman–Crippen LogP) is 3.24. The summed E-state index contributed by atoms with van der Waals surface area (Å²) in [5.41, 5.74) is 3.00. The summed E-state index contributed by atoms with van der Waals surface area (Å²) in [6, 6.07) is 8.21. The van der Waals surface area contributed by atoms with Gasteiger partial charge >= 0.3 is 5.97 Å². The van der Waals surface area contributed by atoms with E-state index >= 15 is 0 Å². The summed E-state index contributed by atoms with van der Waals surface area (Å²) in [6.45, 7) is 6.65. The van der Waals surface area contributed by atoms with Crippen molar-refractivity contribution < 1.29 is 9.90 Å². The average Bonchev–Trinajstić information content (AvgIpc) is 2.45. The largest absolute Gasteiger partial charge is 0.481 e. The minimum Gasteiger partial charge on any atom is -0.481 e. The fourth-order valence-electron chi connectivity index (χ4n) is 2.20. The standard InChI is InChI=1S/C17H24N2O2/c1-12(17(20)21)5-4-6-14(3)19-11-16-8-7-15(10-18)9-13(16)2/h7-9,12,14,19H,4-6,11H2,1-3H3,(H,20,21). The van der Waals surface area contributed by atoms with Crippen LogP contribution in [0.4, 0.5) is 0 Å². The van der Waals surface area contributed by atoms with Crippen LogP contribution >= 0.6 is 0 Å². The summed E-state index contributed by atoms with van der Waals surface area (Å²) < 4.78 is 0. The van der Waals surface area contributed by atoms with Crippen molar-refractivity contribution in [3.8, 4) is 6.07 Å². The van der Waals surface area contributed by atoms with E-state index in [2.05, 4.69) is 18.3 Å². The van der Waals surface area contributed by atoms with Crippen molar-refractivity contribution in [3.63, 3.8) is 0 Å². The molecule has 114 valence electrons. The normalized spacial score (nSPS) is 13.4. The number of nitrogens with zero attached hydrogens (tertiary/aromatic N) is 1. The Morgan fingerprint density at radius 3 is 2.67 bits per heavy atom. The van der Waals surface area contributed by atoms with Gasteiger partial charge in [-0.15, -0.1) is 0 Å². The number of nitrogens with one attached hydrogen (secondary N) is 1. The van der Waals surface area contributed by atoms with Crippen LogP contribution in [0, 0.1) is 24.2 Å². The first-order chi connectivity index (χ1) is 9.93. The lowest BCUT2D eigenvalue weighted by Gasteiger charge is -2.15. The Bertz CT molecular complexity index is 520. The lowest BCUT2D eigenvalue weighted by atomic mass is 10.0. The van der Waals surface area contributed by atoms with E-state index in [1.807, 2.05) is 25.1 Å². The second-order valence-corrected chi connectivity index (χ2v) is 5.71. The van der Waals surface area contributed by atoms with Crippen LogP contribution in [0.25, 0.3) is 0 Å². The molecule has 2 N–H and O–H groups in total. The van der Waals surface area contributed by atoms with Crippen LogP contribution in [0.3, 0.4) is 0 Å². The lowest BCUT2D eigenvalue weighted by molar-refractivity contribution is -0.141. The number of hydrogen-bond donors (Lipinski definition) is 2. The highest BCUT2D eigenvalue weighted by molar-refractivity contribution is 5.69. The maximum absolute atomic E-state index is 10.7. The molecule has 4 heteroatoms. The van der Waals surface area contributed by atoms with Crippen molar-refractivity contribution in [2.75, 3.05) is 0 Å². The van der Waals surface area contributed by atoms with Crippen LogP contribution < -0.4 is 5.32 Å². The van der Waals surface area contributed by atoms with Gasteiger partial charge in [0.25, 0.3) is 0 Å². The number of carboxylic acid groups (broad SMARTS) is 1. The summed E-state index contributed by atoms with van der Waals surface area (Å²) in [4.78, 5) is 10.7. The molecule has 0 saturated carbocycles. The van der Waals surface area contributed by atoms with E-state index in [1.165, 1.54) is 5.56 Å². The minimum absolute atomic E-state index is 0.266. The molecule has 0 radical (unpaired) electrons. The molecule has 0 aliphatic heterocycles. The molecular formula is C17H24N2O2. The van der Waals surface area contributed by atoms with Crippen molar-refractivity contribution in [2.45, 2.75) is 52.6 Å². The van der Waals surface area contributed by atoms with E-state index in [0.29, 0.717) is 11.6 Å². The molecule has 0 aliphatic carbocycles. The van der Waals surface area contributed by atoms with E-state index in [0.717, 1.165) is 31.4 Å². The Labute approximate surface area is 126 Å². The number of aliphatic carboxylic acids is 1. The Hall–Kier alpha value is -1.86. The third kappa shape index (κ3) is 5.97. The molecule has 1 rings (SSSR count). The molecule has 4 nitrogen and oxygen atoms in total. The highest BCUT2D eigenvalue weighted by Gasteiger charge is 2.11. The number of hydrogen-bond acceptors (Lipinski definition) is 3. The van der Waals surface area contributed by atoms with Gasteiger partial charge in [-0.1, -0.05) is 19.4 Å². The second kappa shape index (κ2) is 8.43. The molecule has 1 aromatic carbocycles. The van der Waals surface area contributed by atoms with E-state index in [9.17, 15) is 4.79 Å². The summed E-state index contributed by atoms with van der Waals surface area (Å²) in [6.07, 6.45) is 2.60. The highest BCUT2D eigenvalue weighted by Crippen LogP contribution is 2.12. The average molecular weight is 288 g/mol. The van der Waals surface area contributed by atoms with E-state index < -0.39 is 5.97 Å². The zero-order valence-electron chi connectivity index (χ0n) is 13.0. The first-order valence-corrected chi connectivity index (χ1v) is 7.40. The Morgan fingerprint density at radius 2 is 2.10 bits per heavy atom. The first-order valence-electron chi connectivity index (χ1n) is 7.40. The third-order valence-corrected chi connectivity index (χ3v) is 3.81. The summed E-state index contributed by atoms with van der Waals surface area (Å²) in [5.74, 6) is -0.984. The molecule has 2 unspecified atom stereocenters. The van der Waals surface area contributed by atoms with Crippen molar-refractivity contribution in [1.29, 1.82) is 5.26 Å². The first kappa shape index (κ1) is 17.2. The van der Waals surface area contributed by atoms with Gasteiger partial charge in [0, 0.05) is 12.6 Å². The van der Waals surface area contributed by atoms with E-state index in [1.54, 1.807) is 6.92 Å². The Balaban J connectivity index is 2.35. The van der Waals surface area contributed by atoms with Gasteiger partial charge < -0.3 is 10.4 Å². The molecule has 2 atom stereocenters.